The molecule has 1 saturated heterocycles. The lowest BCUT2D eigenvalue weighted by atomic mass is 10.1. The third-order valence-electron chi connectivity index (χ3n) is 3.93. The monoisotopic (exact) mass is 464 g/mol. The molecule has 134 valence electrons. The van der Waals surface area contributed by atoms with E-state index in [1.165, 1.54) is 12.0 Å². The van der Waals surface area contributed by atoms with Crippen LogP contribution in [0.1, 0.15) is 24.8 Å². The van der Waals surface area contributed by atoms with Crippen LogP contribution >= 0.6 is 35.6 Å². The number of carbonyl (C=O) groups is 1. The number of amides is 1. The Balaban J connectivity index is 0.00000288. The Morgan fingerprint density at radius 2 is 2.00 bits per heavy atom. The van der Waals surface area contributed by atoms with Gasteiger partial charge in [-0.05, 0) is 43.4 Å². The summed E-state index contributed by atoms with van der Waals surface area (Å²) < 4.78 is 0. The number of hydrogen-bond donors (Lipinski definition) is 2. The lowest BCUT2D eigenvalue weighted by Gasteiger charge is -2.27. The summed E-state index contributed by atoms with van der Waals surface area (Å²) in [6.45, 7) is 2.78. The zero-order valence-electron chi connectivity index (χ0n) is 14.1. The van der Waals surface area contributed by atoms with E-state index in [1.54, 1.807) is 7.05 Å². The second-order valence-corrected chi connectivity index (χ2v) is 6.11. The van der Waals surface area contributed by atoms with Gasteiger partial charge in [0.05, 0.1) is 6.54 Å². The van der Waals surface area contributed by atoms with Crippen molar-refractivity contribution < 1.29 is 4.79 Å². The van der Waals surface area contributed by atoms with Gasteiger partial charge in [0.2, 0.25) is 5.91 Å². The van der Waals surface area contributed by atoms with Gasteiger partial charge in [0.1, 0.15) is 0 Å². The fourth-order valence-corrected chi connectivity index (χ4v) is 2.87. The number of guanidine groups is 1. The molecule has 5 nitrogen and oxygen atoms in total. The summed E-state index contributed by atoms with van der Waals surface area (Å²) in [5.41, 5.74) is 1.17. The van der Waals surface area contributed by atoms with E-state index in [4.69, 9.17) is 11.6 Å². The number of aliphatic imine (C=N–C) groups is 1. The molecule has 0 atom stereocenters. The highest BCUT2D eigenvalue weighted by atomic mass is 127. The summed E-state index contributed by atoms with van der Waals surface area (Å²) in [6, 6.07) is 7.82. The molecule has 0 aliphatic carbocycles. The van der Waals surface area contributed by atoms with Crippen LogP contribution in [0.5, 0.6) is 0 Å². The van der Waals surface area contributed by atoms with Crippen LogP contribution in [-0.2, 0) is 11.2 Å². The smallest absolute Gasteiger partial charge is 0.241 e. The number of benzene rings is 1. The summed E-state index contributed by atoms with van der Waals surface area (Å²) in [5.74, 6) is 0.792. The highest BCUT2D eigenvalue weighted by Crippen LogP contribution is 2.10. The molecule has 1 aromatic rings. The highest BCUT2D eigenvalue weighted by molar-refractivity contribution is 14.0. The molecule has 0 saturated carbocycles. The number of nitrogens with zero attached hydrogens (tertiary/aromatic N) is 2. The van der Waals surface area contributed by atoms with Crippen LogP contribution in [0.25, 0.3) is 0 Å². The predicted octanol–water partition coefficient (Wildman–Crippen LogP) is 2.68. The Morgan fingerprint density at radius 3 is 2.67 bits per heavy atom. The molecule has 1 aliphatic rings. The van der Waals surface area contributed by atoms with Gasteiger partial charge >= 0.3 is 0 Å². The first-order chi connectivity index (χ1) is 11.2. The Hall–Kier alpha value is -1.02. The van der Waals surface area contributed by atoms with Gasteiger partial charge in [-0.1, -0.05) is 23.7 Å². The molecule has 24 heavy (non-hydrogen) atoms. The quantitative estimate of drug-likeness (QED) is 0.400. The van der Waals surface area contributed by atoms with E-state index in [2.05, 4.69) is 15.6 Å². The van der Waals surface area contributed by atoms with Crippen LogP contribution in [0.15, 0.2) is 29.3 Å². The predicted molar refractivity (Wildman–Crippen MR) is 110 cm³/mol. The fraction of sp³-hybridized carbons (Fsp3) is 0.529. The molecule has 1 heterocycles. The molecule has 2 rings (SSSR count). The first kappa shape index (κ1) is 21.0. The maximum atomic E-state index is 12.1. The van der Waals surface area contributed by atoms with Crippen molar-refractivity contribution in [2.24, 2.45) is 4.99 Å². The number of likely N-dealkylation sites (tertiary alicyclic amines) is 1. The lowest BCUT2D eigenvalue weighted by Crippen LogP contribution is -2.46. The van der Waals surface area contributed by atoms with Crippen molar-refractivity contribution in [1.29, 1.82) is 0 Å². The largest absolute Gasteiger partial charge is 0.356 e. The van der Waals surface area contributed by atoms with E-state index in [9.17, 15) is 4.79 Å². The normalized spacial score (nSPS) is 14.8. The Morgan fingerprint density at radius 1 is 1.25 bits per heavy atom. The first-order valence-corrected chi connectivity index (χ1v) is 8.53. The van der Waals surface area contributed by atoms with Crippen LogP contribution in [0, 0.1) is 0 Å². The van der Waals surface area contributed by atoms with E-state index in [0.29, 0.717) is 5.96 Å². The number of halogens is 2. The molecule has 0 unspecified atom stereocenters. The van der Waals surface area contributed by atoms with Crippen LogP contribution in [0.4, 0.5) is 0 Å². The van der Waals surface area contributed by atoms with Gasteiger partial charge in [-0.2, -0.15) is 0 Å². The van der Waals surface area contributed by atoms with Gasteiger partial charge in [0, 0.05) is 31.7 Å². The number of hydrogen-bond acceptors (Lipinski definition) is 2. The molecular weight excluding hydrogens is 439 g/mol. The van der Waals surface area contributed by atoms with Crippen molar-refractivity contribution in [1.82, 2.24) is 15.5 Å². The van der Waals surface area contributed by atoms with Gasteiger partial charge in [-0.25, -0.2) is 0 Å². The Bertz CT molecular complexity index is 547. The van der Waals surface area contributed by atoms with Gasteiger partial charge in [-0.3, -0.25) is 9.79 Å². The van der Waals surface area contributed by atoms with Crippen molar-refractivity contribution in [2.45, 2.75) is 25.7 Å². The van der Waals surface area contributed by atoms with Crippen molar-refractivity contribution in [3.63, 3.8) is 0 Å². The number of piperidine rings is 1. The number of rotatable bonds is 5. The SMILES string of the molecule is CN=C(NCCc1cccc(Cl)c1)NCC(=O)N1CCCCC1.I. The molecule has 7 heteroatoms. The molecule has 1 amide bonds. The molecule has 2 N–H and O–H groups in total. The first-order valence-electron chi connectivity index (χ1n) is 8.16. The van der Waals surface area contributed by atoms with E-state index < -0.39 is 0 Å². The zero-order chi connectivity index (χ0) is 16.5. The second-order valence-electron chi connectivity index (χ2n) is 5.67. The summed E-state index contributed by atoms with van der Waals surface area (Å²) in [4.78, 5) is 18.2. The molecular formula is C17H26ClIN4O. The maximum Gasteiger partial charge on any atom is 0.241 e. The van der Waals surface area contributed by atoms with Crippen molar-refractivity contribution in [2.75, 3.05) is 33.2 Å². The van der Waals surface area contributed by atoms with Gasteiger partial charge < -0.3 is 15.5 Å². The average Bonchev–Trinajstić information content (AvgIpc) is 2.58. The topological polar surface area (TPSA) is 56.7 Å². The molecule has 0 spiro atoms. The molecule has 0 radical (unpaired) electrons. The molecule has 1 aliphatic heterocycles. The van der Waals surface area contributed by atoms with E-state index in [-0.39, 0.29) is 36.4 Å². The highest BCUT2D eigenvalue weighted by Gasteiger charge is 2.16. The van der Waals surface area contributed by atoms with Crippen LogP contribution in [0.3, 0.4) is 0 Å². The minimum atomic E-state index is 0. The van der Waals surface area contributed by atoms with Crippen LogP contribution < -0.4 is 10.6 Å². The standard InChI is InChI=1S/C17H25ClN4O.HI/c1-19-17(20-9-8-14-6-5-7-15(18)12-14)21-13-16(23)22-10-3-2-4-11-22;/h5-7,12H,2-4,8-11,13H2,1H3,(H2,19,20,21);1H. The van der Waals surface area contributed by atoms with E-state index in [0.717, 1.165) is 43.9 Å². The van der Waals surface area contributed by atoms with Gasteiger partial charge in [0.25, 0.3) is 0 Å². The zero-order valence-corrected chi connectivity index (χ0v) is 17.1. The van der Waals surface area contributed by atoms with E-state index in [1.807, 2.05) is 29.2 Å². The maximum absolute atomic E-state index is 12.1. The van der Waals surface area contributed by atoms with Crippen LogP contribution in [0.2, 0.25) is 5.02 Å². The van der Waals surface area contributed by atoms with Crippen LogP contribution in [-0.4, -0.2) is 50.0 Å². The third kappa shape index (κ3) is 7.25. The summed E-state index contributed by atoms with van der Waals surface area (Å²) in [6.07, 6.45) is 4.29. The average molecular weight is 465 g/mol. The van der Waals surface area contributed by atoms with Crippen molar-refractivity contribution in [3.8, 4) is 0 Å². The van der Waals surface area contributed by atoms with Crippen molar-refractivity contribution in [3.05, 3.63) is 34.9 Å². The van der Waals surface area contributed by atoms with Gasteiger partial charge in [0.15, 0.2) is 5.96 Å². The third-order valence-corrected chi connectivity index (χ3v) is 4.17. The molecule has 0 bridgehead atoms. The molecule has 1 aromatic carbocycles. The fourth-order valence-electron chi connectivity index (χ4n) is 2.65. The number of nitrogens with one attached hydrogen (secondary N) is 2. The molecule has 0 aromatic heterocycles. The second kappa shape index (κ2) is 11.5. The number of carbonyl (C=O) groups excluding carboxylic acids is 1. The molecule has 1 fully saturated rings. The summed E-state index contributed by atoms with van der Waals surface area (Å²) in [5, 5.41) is 7.05. The lowest BCUT2D eigenvalue weighted by molar-refractivity contribution is -0.130. The summed E-state index contributed by atoms with van der Waals surface area (Å²) >= 11 is 5.97. The minimum Gasteiger partial charge on any atom is -0.356 e. The summed E-state index contributed by atoms with van der Waals surface area (Å²) in [7, 11) is 1.71. The van der Waals surface area contributed by atoms with E-state index >= 15 is 0 Å². The Kier molecular flexibility index (Phi) is 10.1. The Labute approximate surface area is 166 Å². The minimum absolute atomic E-state index is 0. The van der Waals surface area contributed by atoms with Gasteiger partial charge in [-0.15, -0.1) is 24.0 Å². The van der Waals surface area contributed by atoms with Crippen molar-refractivity contribution >= 4 is 47.4 Å².